The third-order valence-corrected chi connectivity index (χ3v) is 6.11. The molecule has 0 saturated heterocycles. The molecule has 0 aliphatic carbocycles. The molecule has 3 aromatic heterocycles. The van der Waals surface area contributed by atoms with Crippen molar-refractivity contribution in [2.75, 3.05) is 6.54 Å². The molecule has 8 heteroatoms. The summed E-state index contributed by atoms with van der Waals surface area (Å²) < 4.78 is 20.8. The zero-order valence-corrected chi connectivity index (χ0v) is 17.2. The highest BCUT2D eigenvalue weighted by atomic mass is 32.1. The molecule has 0 spiro atoms. The van der Waals surface area contributed by atoms with Gasteiger partial charge in [-0.1, -0.05) is 0 Å². The predicted molar refractivity (Wildman–Crippen MR) is 111 cm³/mol. The number of thiazole rings is 1. The summed E-state index contributed by atoms with van der Waals surface area (Å²) in [6.07, 6.45) is 2.70. The first-order valence-electron chi connectivity index (χ1n) is 9.67. The van der Waals surface area contributed by atoms with Crippen LogP contribution in [0.2, 0.25) is 0 Å². The van der Waals surface area contributed by atoms with Crippen LogP contribution in [0.25, 0.3) is 16.5 Å². The fraction of sp³-hybridized carbons (Fsp3) is 0.227. The van der Waals surface area contributed by atoms with E-state index in [0.29, 0.717) is 19.5 Å². The Balaban J connectivity index is 1.28. The fourth-order valence-corrected chi connectivity index (χ4v) is 4.44. The Hall–Kier alpha value is -3.26. The number of aryl methyl sites for hydroxylation is 1. The quantitative estimate of drug-likeness (QED) is 0.495. The predicted octanol–water partition coefficient (Wildman–Crippen LogP) is 4.16. The van der Waals surface area contributed by atoms with Crippen molar-refractivity contribution in [2.24, 2.45) is 0 Å². The second kappa shape index (κ2) is 7.53. The van der Waals surface area contributed by atoms with Crippen LogP contribution in [0.1, 0.15) is 22.8 Å². The van der Waals surface area contributed by atoms with Crippen LogP contribution in [0.4, 0.5) is 4.39 Å². The summed E-state index contributed by atoms with van der Waals surface area (Å²) in [7, 11) is 0. The molecule has 0 saturated carbocycles. The number of amides is 1. The van der Waals surface area contributed by atoms with Gasteiger partial charge in [-0.25, -0.2) is 14.4 Å². The third kappa shape index (κ3) is 3.54. The summed E-state index contributed by atoms with van der Waals surface area (Å²) in [5, 5.41) is 2.69. The van der Waals surface area contributed by atoms with Gasteiger partial charge in [0.2, 0.25) is 5.91 Å². The van der Waals surface area contributed by atoms with Crippen LogP contribution in [0.3, 0.4) is 0 Å². The minimum Gasteiger partial charge on any atom is -0.459 e. The van der Waals surface area contributed by atoms with Crippen LogP contribution in [0.5, 0.6) is 0 Å². The zero-order chi connectivity index (χ0) is 20.7. The molecular formula is C22H19FN4O2S. The van der Waals surface area contributed by atoms with Crippen molar-refractivity contribution in [3.05, 3.63) is 76.8 Å². The van der Waals surface area contributed by atoms with E-state index in [0.717, 1.165) is 39.3 Å². The van der Waals surface area contributed by atoms with Crippen molar-refractivity contribution < 1.29 is 13.6 Å². The van der Waals surface area contributed by atoms with Crippen LogP contribution in [0.15, 0.2) is 52.5 Å². The molecule has 1 aliphatic rings. The number of benzene rings is 1. The van der Waals surface area contributed by atoms with Crippen molar-refractivity contribution in [3.8, 4) is 16.5 Å². The number of carbonyl (C=O) groups excluding carboxylic acids is 1. The van der Waals surface area contributed by atoms with E-state index < -0.39 is 0 Å². The average molecular weight is 422 g/mol. The van der Waals surface area contributed by atoms with Gasteiger partial charge in [0.15, 0.2) is 10.8 Å². The van der Waals surface area contributed by atoms with Crippen molar-refractivity contribution in [3.63, 3.8) is 0 Å². The molecule has 1 aromatic carbocycles. The summed E-state index contributed by atoms with van der Waals surface area (Å²) in [4.78, 5) is 23.7. The maximum absolute atomic E-state index is 13.2. The maximum atomic E-state index is 13.2. The Morgan fingerprint density at radius 2 is 2.07 bits per heavy atom. The van der Waals surface area contributed by atoms with E-state index in [4.69, 9.17) is 4.42 Å². The fourth-order valence-electron chi connectivity index (χ4n) is 3.66. The Bertz CT molecular complexity index is 1210. The first-order valence-corrected chi connectivity index (χ1v) is 10.5. The van der Waals surface area contributed by atoms with Crippen molar-refractivity contribution in [1.82, 2.24) is 19.4 Å². The minimum atomic E-state index is -0.267. The van der Waals surface area contributed by atoms with Gasteiger partial charge in [-0.2, -0.15) is 0 Å². The monoisotopic (exact) mass is 422 g/mol. The molecule has 0 radical (unpaired) electrons. The number of fused-ring (bicyclic) bond motifs is 1. The summed E-state index contributed by atoms with van der Waals surface area (Å²) >= 11 is 1.48. The van der Waals surface area contributed by atoms with Gasteiger partial charge < -0.3 is 13.9 Å². The molecule has 0 atom stereocenters. The first-order chi connectivity index (χ1) is 14.6. The lowest BCUT2D eigenvalue weighted by atomic mass is 10.1. The standard InChI is InChI=1S/C22H19FN4O2S/c1-14-2-7-20(29-14)22-25-16(12-30-22)10-21(28)26-9-8-19-18(11-26)24-13-27(19)17-5-3-15(23)4-6-17/h2-7,12-13H,8-11H2,1H3. The van der Waals surface area contributed by atoms with E-state index in [1.165, 1.54) is 23.5 Å². The summed E-state index contributed by atoms with van der Waals surface area (Å²) in [6.45, 7) is 2.98. The summed E-state index contributed by atoms with van der Waals surface area (Å²) in [5.41, 5.74) is 3.56. The molecule has 152 valence electrons. The van der Waals surface area contributed by atoms with Gasteiger partial charge >= 0.3 is 0 Å². The lowest BCUT2D eigenvalue weighted by molar-refractivity contribution is -0.131. The van der Waals surface area contributed by atoms with Gasteiger partial charge in [-0.05, 0) is 43.3 Å². The van der Waals surface area contributed by atoms with E-state index in [-0.39, 0.29) is 18.1 Å². The van der Waals surface area contributed by atoms with Crippen molar-refractivity contribution in [1.29, 1.82) is 0 Å². The molecule has 1 aliphatic heterocycles. The largest absolute Gasteiger partial charge is 0.459 e. The first kappa shape index (κ1) is 18.7. The SMILES string of the molecule is Cc1ccc(-c2nc(CC(=O)N3CCc4c(ncn4-c4ccc(F)cc4)C3)cs2)o1. The van der Waals surface area contributed by atoms with Gasteiger partial charge in [-0.15, -0.1) is 11.3 Å². The minimum absolute atomic E-state index is 0.0319. The average Bonchev–Trinajstić information content (AvgIpc) is 3.47. The smallest absolute Gasteiger partial charge is 0.228 e. The topological polar surface area (TPSA) is 64.2 Å². The molecule has 0 unspecified atom stereocenters. The maximum Gasteiger partial charge on any atom is 0.228 e. The van der Waals surface area contributed by atoms with Crippen molar-refractivity contribution >= 4 is 17.2 Å². The highest BCUT2D eigenvalue weighted by Crippen LogP contribution is 2.27. The molecular weight excluding hydrogens is 403 g/mol. The number of furan rings is 1. The molecule has 0 bridgehead atoms. The van der Waals surface area contributed by atoms with E-state index >= 15 is 0 Å². The molecule has 6 nitrogen and oxygen atoms in total. The number of hydrogen-bond donors (Lipinski definition) is 0. The Kier molecular flexibility index (Phi) is 4.71. The number of nitrogens with zero attached hydrogens (tertiary/aromatic N) is 4. The van der Waals surface area contributed by atoms with Crippen LogP contribution >= 0.6 is 11.3 Å². The number of aromatic nitrogens is 3. The van der Waals surface area contributed by atoms with Gasteiger partial charge in [0, 0.05) is 29.7 Å². The number of hydrogen-bond acceptors (Lipinski definition) is 5. The second-order valence-electron chi connectivity index (χ2n) is 7.28. The summed E-state index contributed by atoms with van der Waals surface area (Å²) in [6, 6.07) is 10.1. The number of carbonyl (C=O) groups is 1. The Morgan fingerprint density at radius 3 is 2.83 bits per heavy atom. The highest BCUT2D eigenvalue weighted by molar-refractivity contribution is 7.13. The van der Waals surface area contributed by atoms with E-state index in [2.05, 4.69) is 9.97 Å². The Labute approximate surface area is 176 Å². The molecule has 0 N–H and O–H groups in total. The summed E-state index contributed by atoms with van der Waals surface area (Å²) in [5.74, 6) is 1.33. The lowest BCUT2D eigenvalue weighted by Crippen LogP contribution is -2.37. The van der Waals surface area contributed by atoms with Crippen LogP contribution in [-0.4, -0.2) is 31.9 Å². The number of halogens is 1. The van der Waals surface area contributed by atoms with E-state index in [1.807, 2.05) is 33.9 Å². The second-order valence-corrected chi connectivity index (χ2v) is 8.14. The van der Waals surface area contributed by atoms with Gasteiger partial charge in [0.05, 0.1) is 30.7 Å². The highest BCUT2D eigenvalue weighted by Gasteiger charge is 2.25. The normalized spacial score (nSPS) is 13.5. The molecule has 0 fully saturated rings. The van der Waals surface area contributed by atoms with Gasteiger partial charge in [-0.3, -0.25) is 4.79 Å². The van der Waals surface area contributed by atoms with E-state index in [1.54, 1.807) is 18.5 Å². The van der Waals surface area contributed by atoms with Crippen molar-refractivity contribution in [2.45, 2.75) is 26.3 Å². The molecule has 5 rings (SSSR count). The number of rotatable bonds is 4. The zero-order valence-electron chi connectivity index (χ0n) is 16.3. The van der Waals surface area contributed by atoms with E-state index in [9.17, 15) is 9.18 Å². The van der Waals surface area contributed by atoms with Gasteiger partial charge in [0.25, 0.3) is 0 Å². The van der Waals surface area contributed by atoms with Crippen LogP contribution < -0.4 is 0 Å². The molecule has 1 amide bonds. The third-order valence-electron chi connectivity index (χ3n) is 5.20. The van der Waals surface area contributed by atoms with Gasteiger partial charge in [0.1, 0.15) is 11.6 Å². The Morgan fingerprint density at radius 1 is 1.23 bits per heavy atom. The molecule has 30 heavy (non-hydrogen) atoms. The number of imidazole rings is 1. The molecule has 4 heterocycles. The van der Waals surface area contributed by atoms with Crippen LogP contribution in [0, 0.1) is 12.7 Å². The van der Waals surface area contributed by atoms with Crippen LogP contribution in [-0.2, 0) is 24.2 Å². The lowest BCUT2D eigenvalue weighted by Gasteiger charge is -2.27. The molecule has 4 aromatic rings.